The minimum atomic E-state index is -0.586. The Hall–Kier alpha value is -1.91. The summed E-state index contributed by atoms with van der Waals surface area (Å²) < 4.78 is 4.40. The van der Waals surface area contributed by atoms with E-state index in [2.05, 4.69) is 20.2 Å². The maximum Gasteiger partial charge on any atom is 0.427 e. The number of hydrogen-bond donors (Lipinski definition) is 1. The first-order valence-electron chi connectivity index (χ1n) is 4.59. The highest BCUT2D eigenvalue weighted by Crippen LogP contribution is 1.99. The molecule has 0 bridgehead atoms. The van der Waals surface area contributed by atoms with E-state index >= 15 is 0 Å². The van der Waals surface area contributed by atoms with Crippen LogP contribution in [0, 0.1) is 0 Å². The highest BCUT2D eigenvalue weighted by atomic mass is 16.5. The zero-order valence-electron chi connectivity index (χ0n) is 8.73. The van der Waals surface area contributed by atoms with E-state index in [1.165, 1.54) is 7.11 Å². The lowest BCUT2D eigenvalue weighted by atomic mass is 10.2. The fourth-order valence-corrected chi connectivity index (χ4v) is 1.01. The van der Waals surface area contributed by atoms with Crippen molar-refractivity contribution < 1.29 is 9.53 Å². The van der Waals surface area contributed by atoms with Crippen LogP contribution in [0.15, 0.2) is 29.5 Å². The summed E-state index contributed by atoms with van der Waals surface area (Å²) in [6.45, 7) is 1.94. The number of hydrazone groups is 1. The molecule has 5 heteroatoms. The molecular formula is C10H13N3O2. The standard InChI is InChI=1S/C10H13N3O2/c1-3-8(12-13-10(14)15-2)9-6-4-5-7-11-9/h4-7H,3H2,1-2H3,(H,13,14). The first-order chi connectivity index (χ1) is 7.27. The molecule has 0 aliphatic heterocycles. The molecule has 0 aliphatic rings. The summed E-state index contributed by atoms with van der Waals surface area (Å²) in [4.78, 5) is 14.9. The second-order valence-electron chi connectivity index (χ2n) is 2.73. The Morgan fingerprint density at radius 1 is 1.60 bits per heavy atom. The van der Waals surface area contributed by atoms with E-state index < -0.39 is 6.09 Å². The molecule has 80 valence electrons. The molecule has 1 aromatic heterocycles. The number of carbonyl (C=O) groups is 1. The molecule has 0 unspecified atom stereocenters. The highest BCUT2D eigenvalue weighted by molar-refractivity contribution is 5.98. The van der Waals surface area contributed by atoms with Crippen LogP contribution in [-0.4, -0.2) is 23.9 Å². The molecule has 0 aromatic carbocycles. The Morgan fingerprint density at radius 3 is 2.93 bits per heavy atom. The molecule has 5 nitrogen and oxygen atoms in total. The zero-order chi connectivity index (χ0) is 11.1. The minimum absolute atomic E-state index is 0.586. The fraction of sp³-hybridized carbons (Fsp3) is 0.300. The van der Waals surface area contributed by atoms with Crippen LogP contribution in [0.25, 0.3) is 0 Å². The SMILES string of the molecule is CCC(=NNC(=O)OC)c1ccccn1. The molecule has 0 spiro atoms. The average Bonchev–Trinajstić information content (AvgIpc) is 2.31. The smallest absolute Gasteiger partial charge is 0.427 e. The van der Waals surface area contributed by atoms with Crippen LogP contribution in [0.5, 0.6) is 0 Å². The first-order valence-corrected chi connectivity index (χ1v) is 4.59. The number of carbonyl (C=O) groups excluding carboxylic acids is 1. The van der Waals surface area contributed by atoms with Gasteiger partial charge in [-0.2, -0.15) is 5.10 Å². The van der Waals surface area contributed by atoms with Gasteiger partial charge < -0.3 is 4.74 Å². The van der Waals surface area contributed by atoms with Crippen LogP contribution in [0.1, 0.15) is 19.0 Å². The van der Waals surface area contributed by atoms with E-state index in [-0.39, 0.29) is 0 Å². The van der Waals surface area contributed by atoms with Gasteiger partial charge in [-0.1, -0.05) is 13.0 Å². The van der Waals surface area contributed by atoms with Crippen LogP contribution >= 0.6 is 0 Å². The molecular weight excluding hydrogens is 194 g/mol. The van der Waals surface area contributed by atoms with Crippen molar-refractivity contribution in [3.63, 3.8) is 0 Å². The third-order valence-corrected chi connectivity index (χ3v) is 1.76. The van der Waals surface area contributed by atoms with Crippen molar-refractivity contribution in [2.24, 2.45) is 5.10 Å². The summed E-state index contributed by atoms with van der Waals surface area (Å²) >= 11 is 0. The largest absolute Gasteiger partial charge is 0.452 e. The van der Waals surface area contributed by atoms with Crippen LogP contribution in [0.4, 0.5) is 4.79 Å². The number of ether oxygens (including phenoxy) is 1. The number of pyridine rings is 1. The van der Waals surface area contributed by atoms with Crippen molar-refractivity contribution in [1.29, 1.82) is 0 Å². The predicted molar refractivity (Wildman–Crippen MR) is 56.6 cm³/mol. The van der Waals surface area contributed by atoms with Gasteiger partial charge in [0.15, 0.2) is 0 Å². The average molecular weight is 207 g/mol. The lowest BCUT2D eigenvalue weighted by Crippen LogP contribution is -2.19. The van der Waals surface area contributed by atoms with Crippen molar-refractivity contribution in [3.8, 4) is 0 Å². The quantitative estimate of drug-likeness (QED) is 0.604. The molecule has 0 radical (unpaired) electrons. The molecule has 1 heterocycles. The molecule has 0 saturated heterocycles. The van der Waals surface area contributed by atoms with Gasteiger partial charge in [-0.15, -0.1) is 0 Å². The number of nitrogens with zero attached hydrogens (tertiary/aromatic N) is 2. The van der Waals surface area contributed by atoms with Crippen molar-refractivity contribution in [2.75, 3.05) is 7.11 Å². The second-order valence-corrected chi connectivity index (χ2v) is 2.73. The molecule has 0 saturated carbocycles. The summed E-state index contributed by atoms with van der Waals surface area (Å²) in [6.07, 6.45) is 1.77. The normalized spacial score (nSPS) is 10.9. The fourth-order valence-electron chi connectivity index (χ4n) is 1.01. The Morgan fingerprint density at radius 2 is 2.40 bits per heavy atom. The van der Waals surface area contributed by atoms with Crippen LogP contribution < -0.4 is 5.43 Å². The van der Waals surface area contributed by atoms with Gasteiger partial charge in [-0.25, -0.2) is 10.2 Å². The zero-order valence-corrected chi connectivity index (χ0v) is 8.73. The van der Waals surface area contributed by atoms with Crippen LogP contribution in [-0.2, 0) is 4.74 Å². The van der Waals surface area contributed by atoms with E-state index in [0.717, 1.165) is 5.69 Å². The number of amides is 1. The van der Waals surface area contributed by atoms with Gasteiger partial charge in [-0.3, -0.25) is 4.98 Å². The summed E-state index contributed by atoms with van der Waals surface area (Å²) in [5.41, 5.74) is 3.72. The molecule has 0 atom stereocenters. The maximum absolute atomic E-state index is 10.8. The predicted octanol–water partition coefficient (Wildman–Crippen LogP) is 1.55. The highest BCUT2D eigenvalue weighted by Gasteiger charge is 2.03. The van der Waals surface area contributed by atoms with E-state index in [4.69, 9.17) is 0 Å². The summed E-state index contributed by atoms with van der Waals surface area (Å²) in [5, 5.41) is 3.91. The van der Waals surface area contributed by atoms with Gasteiger partial charge in [0.05, 0.1) is 18.5 Å². The van der Waals surface area contributed by atoms with E-state index in [9.17, 15) is 4.79 Å². The number of aromatic nitrogens is 1. The lowest BCUT2D eigenvalue weighted by molar-refractivity contribution is 0.171. The van der Waals surface area contributed by atoms with Gasteiger partial charge in [0.1, 0.15) is 0 Å². The van der Waals surface area contributed by atoms with Crippen molar-refractivity contribution in [2.45, 2.75) is 13.3 Å². The summed E-state index contributed by atoms with van der Waals surface area (Å²) in [6, 6.07) is 5.53. The summed E-state index contributed by atoms with van der Waals surface area (Å²) in [5.74, 6) is 0. The molecule has 15 heavy (non-hydrogen) atoms. The third kappa shape index (κ3) is 3.38. The number of hydrogen-bond acceptors (Lipinski definition) is 4. The van der Waals surface area contributed by atoms with Gasteiger partial charge in [-0.05, 0) is 18.6 Å². The second kappa shape index (κ2) is 5.74. The van der Waals surface area contributed by atoms with Gasteiger partial charge in [0, 0.05) is 6.20 Å². The van der Waals surface area contributed by atoms with Crippen LogP contribution in [0.2, 0.25) is 0 Å². The topological polar surface area (TPSA) is 63.6 Å². The molecule has 0 fully saturated rings. The first kappa shape index (κ1) is 11.2. The third-order valence-electron chi connectivity index (χ3n) is 1.76. The van der Waals surface area contributed by atoms with E-state index in [1.807, 2.05) is 25.1 Å². The van der Waals surface area contributed by atoms with Crippen molar-refractivity contribution in [3.05, 3.63) is 30.1 Å². The molecule has 1 amide bonds. The van der Waals surface area contributed by atoms with Crippen LogP contribution in [0.3, 0.4) is 0 Å². The van der Waals surface area contributed by atoms with E-state index in [0.29, 0.717) is 12.1 Å². The Balaban J connectivity index is 2.76. The monoisotopic (exact) mass is 207 g/mol. The van der Waals surface area contributed by atoms with Crippen molar-refractivity contribution in [1.82, 2.24) is 10.4 Å². The summed E-state index contributed by atoms with van der Waals surface area (Å²) in [7, 11) is 1.29. The Labute approximate surface area is 88.2 Å². The Kier molecular flexibility index (Phi) is 4.28. The van der Waals surface area contributed by atoms with Crippen molar-refractivity contribution >= 4 is 11.8 Å². The molecule has 1 rings (SSSR count). The maximum atomic E-state index is 10.8. The molecule has 1 N–H and O–H groups in total. The van der Waals surface area contributed by atoms with Gasteiger partial charge in [0.25, 0.3) is 0 Å². The van der Waals surface area contributed by atoms with Gasteiger partial charge in [0.2, 0.25) is 0 Å². The number of methoxy groups -OCH3 is 1. The Bertz CT molecular complexity index is 349. The lowest BCUT2D eigenvalue weighted by Gasteiger charge is -2.02. The minimum Gasteiger partial charge on any atom is -0.452 e. The number of nitrogens with one attached hydrogen (secondary N) is 1. The molecule has 0 aliphatic carbocycles. The number of rotatable bonds is 3. The molecule has 1 aromatic rings. The van der Waals surface area contributed by atoms with Gasteiger partial charge >= 0.3 is 6.09 Å². The van der Waals surface area contributed by atoms with E-state index in [1.54, 1.807) is 6.20 Å².